The minimum absolute atomic E-state index is 0.310. The summed E-state index contributed by atoms with van der Waals surface area (Å²) in [5.41, 5.74) is 4.90. The van der Waals surface area contributed by atoms with Crippen LogP contribution in [0.1, 0.15) is 5.56 Å². The number of nitrogens with zero attached hydrogens (tertiary/aromatic N) is 1. The number of aliphatic hydroxyl groups is 1. The van der Waals surface area contributed by atoms with E-state index in [4.69, 9.17) is 10.8 Å². The summed E-state index contributed by atoms with van der Waals surface area (Å²) in [7, 11) is 0. The van der Waals surface area contributed by atoms with Crippen LogP contribution >= 0.6 is 0 Å². The number of alkyl halides is 3. The van der Waals surface area contributed by atoms with E-state index in [0.29, 0.717) is 0 Å². The summed E-state index contributed by atoms with van der Waals surface area (Å²) in [6.07, 6.45) is -2.04. The Hall–Kier alpha value is -1.34. The first kappa shape index (κ1) is 12.7. The summed E-state index contributed by atoms with van der Waals surface area (Å²) in [5, 5.41) is 10.4. The highest BCUT2D eigenvalue weighted by molar-refractivity contribution is 5.42. The van der Waals surface area contributed by atoms with Gasteiger partial charge in [-0.2, -0.15) is 0 Å². The molecule has 4 nitrogen and oxygen atoms in total. The SMILES string of the molecule is Nc1ncccc1C(F)(NCCO)C(F)F. The number of halogens is 3. The lowest BCUT2D eigenvalue weighted by Gasteiger charge is -2.26. The molecule has 1 aromatic heterocycles. The van der Waals surface area contributed by atoms with Crippen LogP contribution in [0.4, 0.5) is 19.0 Å². The Morgan fingerprint density at radius 1 is 1.56 bits per heavy atom. The molecule has 0 saturated heterocycles. The summed E-state index contributed by atoms with van der Waals surface area (Å²) in [6, 6.07) is 2.43. The molecule has 0 bridgehead atoms. The van der Waals surface area contributed by atoms with Gasteiger partial charge in [0, 0.05) is 12.7 Å². The van der Waals surface area contributed by atoms with Gasteiger partial charge in [-0.15, -0.1) is 0 Å². The first-order valence-electron chi connectivity index (χ1n) is 4.56. The van der Waals surface area contributed by atoms with E-state index >= 15 is 0 Å². The number of aromatic nitrogens is 1. The van der Waals surface area contributed by atoms with Crippen molar-refractivity contribution in [1.29, 1.82) is 0 Å². The van der Waals surface area contributed by atoms with Gasteiger partial charge in [0.1, 0.15) is 5.82 Å². The van der Waals surface area contributed by atoms with Gasteiger partial charge in [-0.25, -0.2) is 18.2 Å². The fourth-order valence-electron chi connectivity index (χ4n) is 1.25. The van der Waals surface area contributed by atoms with Gasteiger partial charge in [-0.3, -0.25) is 5.32 Å². The van der Waals surface area contributed by atoms with Gasteiger partial charge >= 0.3 is 0 Å². The van der Waals surface area contributed by atoms with Crippen LogP contribution in [0.5, 0.6) is 0 Å². The molecule has 0 aliphatic rings. The molecule has 7 heteroatoms. The van der Waals surface area contributed by atoms with Gasteiger partial charge in [-0.1, -0.05) is 0 Å². The quantitative estimate of drug-likeness (QED) is 0.655. The number of nitrogens with one attached hydrogen (secondary N) is 1. The van der Waals surface area contributed by atoms with Crippen LogP contribution in [0.3, 0.4) is 0 Å². The second-order valence-corrected chi connectivity index (χ2v) is 3.10. The van der Waals surface area contributed by atoms with Crippen molar-refractivity contribution in [2.75, 3.05) is 18.9 Å². The van der Waals surface area contributed by atoms with Gasteiger partial charge in [0.25, 0.3) is 12.2 Å². The lowest BCUT2D eigenvalue weighted by Crippen LogP contribution is -2.46. The molecule has 1 aromatic rings. The average Bonchev–Trinajstić information content (AvgIpc) is 2.26. The standard InChI is InChI=1S/C9H12F3N3O/c10-8(11)9(12,15-4-5-16)6-2-1-3-14-7(6)13/h1-3,8,15-16H,4-5H2,(H2,13,14). The third kappa shape index (κ3) is 2.42. The summed E-state index contributed by atoms with van der Waals surface area (Å²) in [6.45, 7) is -0.770. The van der Waals surface area contributed by atoms with Crippen molar-refractivity contribution in [2.45, 2.75) is 12.2 Å². The van der Waals surface area contributed by atoms with Crippen molar-refractivity contribution in [1.82, 2.24) is 10.3 Å². The third-order valence-corrected chi connectivity index (χ3v) is 2.03. The molecule has 0 spiro atoms. The zero-order chi connectivity index (χ0) is 12.2. The average molecular weight is 235 g/mol. The highest BCUT2D eigenvalue weighted by Crippen LogP contribution is 2.32. The maximum Gasteiger partial charge on any atom is 0.289 e. The molecule has 16 heavy (non-hydrogen) atoms. The normalized spacial score (nSPS) is 15.1. The molecule has 0 aliphatic carbocycles. The number of anilines is 1. The number of aliphatic hydroxyl groups excluding tert-OH is 1. The summed E-state index contributed by atoms with van der Waals surface area (Å²) < 4.78 is 39.3. The number of nitrogen functional groups attached to an aromatic ring is 1. The molecule has 1 atom stereocenters. The highest BCUT2D eigenvalue weighted by atomic mass is 19.3. The smallest absolute Gasteiger partial charge is 0.289 e. The molecule has 0 aliphatic heterocycles. The lowest BCUT2D eigenvalue weighted by atomic mass is 10.1. The van der Waals surface area contributed by atoms with Crippen LogP contribution < -0.4 is 11.1 Å². The van der Waals surface area contributed by atoms with Gasteiger partial charge < -0.3 is 10.8 Å². The minimum Gasteiger partial charge on any atom is -0.395 e. The number of hydrogen-bond acceptors (Lipinski definition) is 4. The second kappa shape index (κ2) is 5.13. The topological polar surface area (TPSA) is 71.2 Å². The monoisotopic (exact) mass is 235 g/mol. The largest absolute Gasteiger partial charge is 0.395 e. The zero-order valence-electron chi connectivity index (χ0n) is 8.33. The van der Waals surface area contributed by atoms with Crippen molar-refractivity contribution in [3.8, 4) is 0 Å². The molecular formula is C9H12F3N3O. The first-order valence-corrected chi connectivity index (χ1v) is 4.56. The van der Waals surface area contributed by atoms with E-state index in [9.17, 15) is 13.2 Å². The molecule has 0 fully saturated rings. The molecule has 4 N–H and O–H groups in total. The number of nitrogens with two attached hydrogens (primary N) is 1. The van der Waals surface area contributed by atoms with E-state index in [-0.39, 0.29) is 12.4 Å². The molecule has 0 saturated carbocycles. The van der Waals surface area contributed by atoms with E-state index in [1.807, 2.05) is 5.32 Å². The first-order chi connectivity index (χ1) is 7.52. The van der Waals surface area contributed by atoms with Gasteiger partial charge in [0.05, 0.1) is 12.2 Å². The van der Waals surface area contributed by atoms with Gasteiger partial charge in [-0.05, 0) is 12.1 Å². The van der Waals surface area contributed by atoms with Crippen molar-refractivity contribution < 1.29 is 18.3 Å². The van der Waals surface area contributed by atoms with Crippen LogP contribution in [0.25, 0.3) is 0 Å². The Bertz CT molecular complexity index is 351. The lowest BCUT2D eigenvalue weighted by molar-refractivity contribution is -0.0645. The van der Waals surface area contributed by atoms with E-state index in [1.54, 1.807) is 0 Å². The van der Waals surface area contributed by atoms with E-state index < -0.39 is 24.4 Å². The third-order valence-electron chi connectivity index (χ3n) is 2.03. The van der Waals surface area contributed by atoms with E-state index in [1.165, 1.54) is 12.3 Å². The molecule has 0 aromatic carbocycles. The van der Waals surface area contributed by atoms with Gasteiger partial charge in [0.2, 0.25) is 0 Å². The molecular weight excluding hydrogens is 223 g/mol. The molecule has 1 rings (SSSR count). The van der Waals surface area contributed by atoms with Crippen molar-refractivity contribution in [3.63, 3.8) is 0 Å². The predicted octanol–water partition coefficient (Wildman–Crippen LogP) is 0.633. The van der Waals surface area contributed by atoms with Crippen LogP contribution in [0.15, 0.2) is 18.3 Å². The maximum absolute atomic E-state index is 14.0. The van der Waals surface area contributed by atoms with E-state index in [0.717, 1.165) is 6.07 Å². The van der Waals surface area contributed by atoms with Crippen LogP contribution in [-0.4, -0.2) is 29.7 Å². The predicted molar refractivity (Wildman–Crippen MR) is 52.5 cm³/mol. The fraction of sp³-hybridized carbons (Fsp3) is 0.444. The zero-order valence-corrected chi connectivity index (χ0v) is 8.33. The van der Waals surface area contributed by atoms with Crippen molar-refractivity contribution >= 4 is 5.82 Å². The number of hydrogen-bond donors (Lipinski definition) is 3. The Labute approximate surface area is 90.3 Å². The van der Waals surface area contributed by atoms with E-state index in [2.05, 4.69) is 4.98 Å². The summed E-state index contributed by atoms with van der Waals surface area (Å²) in [4.78, 5) is 3.54. The Morgan fingerprint density at radius 3 is 2.75 bits per heavy atom. The Kier molecular flexibility index (Phi) is 4.08. The van der Waals surface area contributed by atoms with Crippen LogP contribution in [-0.2, 0) is 5.79 Å². The summed E-state index contributed by atoms with van der Waals surface area (Å²) in [5.74, 6) is -3.41. The van der Waals surface area contributed by atoms with Crippen LogP contribution in [0.2, 0.25) is 0 Å². The molecule has 0 amide bonds. The fourth-order valence-corrected chi connectivity index (χ4v) is 1.25. The maximum atomic E-state index is 14.0. The minimum atomic E-state index is -3.31. The highest BCUT2D eigenvalue weighted by Gasteiger charge is 2.43. The molecule has 0 radical (unpaired) electrons. The van der Waals surface area contributed by atoms with Gasteiger partial charge in [0.15, 0.2) is 0 Å². The van der Waals surface area contributed by atoms with Crippen LogP contribution in [0, 0.1) is 0 Å². The molecule has 1 unspecified atom stereocenters. The second-order valence-electron chi connectivity index (χ2n) is 3.10. The molecule has 90 valence electrons. The number of rotatable bonds is 5. The van der Waals surface area contributed by atoms with Crippen molar-refractivity contribution in [3.05, 3.63) is 23.9 Å². The number of pyridine rings is 1. The Morgan fingerprint density at radius 2 is 2.25 bits per heavy atom. The molecule has 1 heterocycles. The van der Waals surface area contributed by atoms with Crippen molar-refractivity contribution in [2.24, 2.45) is 0 Å². The summed E-state index contributed by atoms with van der Waals surface area (Å²) >= 11 is 0. The Balaban J connectivity index is 3.06.